The van der Waals surface area contributed by atoms with Crippen LogP contribution >= 0.6 is 0 Å². The summed E-state index contributed by atoms with van der Waals surface area (Å²) in [4.78, 5) is 2.40. The smallest absolute Gasteiger partial charge is 0.124 e. The van der Waals surface area contributed by atoms with Gasteiger partial charge in [-0.05, 0) is 56.4 Å². The molecule has 1 aliphatic carbocycles. The molecule has 1 aromatic rings. The van der Waals surface area contributed by atoms with Gasteiger partial charge in [-0.1, -0.05) is 11.8 Å². The lowest BCUT2D eigenvalue weighted by Crippen LogP contribution is -2.32. The Kier molecular flexibility index (Phi) is 5.78. The van der Waals surface area contributed by atoms with E-state index in [-0.39, 0.29) is 12.4 Å². The third kappa shape index (κ3) is 5.49. The first-order valence-corrected chi connectivity index (χ1v) is 7.71. The van der Waals surface area contributed by atoms with E-state index >= 15 is 0 Å². The summed E-state index contributed by atoms with van der Waals surface area (Å²) in [6.07, 6.45) is 3.07. The average Bonchev–Trinajstić information content (AvgIpc) is 3.21. The lowest BCUT2D eigenvalue weighted by atomic mass is 10.1. The maximum absolute atomic E-state index is 13.7. The van der Waals surface area contributed by atoms with Crippen molar-refractivity contribution >= 4 is 0 Å². The maximum atomic E-state index is 13.7. The van der Waals surface area contributed by atoms with Gasteiger partial charge in [0, 0.05) is 31.1 Å². The van der Waals surface area contributed by atoms with E-state index in [0.717, 1.165) is 24.6 Å². The van der Waals surface area contributed by atoms with Crippen LogP contribution in [0.5, 0.6) is 0 Å². The minimum Gasteiger partial charge on any atom is -0.395 e. The van der Waals surface area contributed by atoms with Crippen molar-refractivity contribution in [1.29, 1.82) is 0 Å². The van der Waals surface area contributed by atoms with Crippen molar-refractivity contribution in [2.45, 2.75) is 45.7 Å². The number of benzene rings is 1. The van der Waals surface area contributed by atoms with Gasteiger partial charge in [-0.3, -0.25) is 4.90 Å². The summed E-state index contributed by atoms with van der Waals surface area (Å²) in [5.41, 5.74) is 1.66. The van der Waals surface area contributed by atoms with Gasteiger partial charge in [0.25, 0.3) is 0 Å². The molecule has 1 N–H and O–H groups in total. The van der Waals surface area contributed by atoms with Crippen LogP contribution in [0.4, 0.5) is 4.39 Å². The summed E-state index contributed by atoms with van der Waals surface area (Å²) in [5, 5.41) is 8.74. The van der Waals surface area contributed by atoms with E-state index in [1.165, 1.54) is 18.9 Å². The van der Waals surface area contributed by atoms with Gasteiger partial charge in [-0.25, -0.2) is 4.39 Å². The fourth-order valence-corrected chi connectivity index (χ4v) is 2.36. The van der Waals surface area contributed by atoms with Gasteiger partial charge in [-0.2, -0.15) is 0 Å². The van der Waals surface area contributed by atoms with Crippen molar-refractivity contribution in [3.8, 4) is 11.8 Å². The predicted octanol–water partition coefficient (Wildman–Crippen LogP) is 3.18. The van der Waals surface area contributed by atoms with E-state index in [1.54, 1.807) is 6.07 Å². The number of rotatable bonds is 6. The molecule has 0 unspecified atom stereocenters. The second kappa shape index (κ2) is 7.59. The van der Waals surface area contributed by atoms with E-state index in [0.29, 0.717) is 18.0 Å². The van der Waals surface area contributed by atoms with Crippen molar-refractivity contribution in [3.05, 3.63) is 35.1 Å². The van der Waals surface area contributed by atoms with E-state index < -0.39 is 0 Å². The zero-order chi connectivity index (χ0) is 15.2. The molecule has 1 saturated carbocycles. The zero-order valence-corrected chi connectivity index (χ0v) is 12.9. The molecule has 0 radical (unpaired) electrons. The monoisotopic (exact) mass is 289 g/mol. The Morgan fingerprint density at radius 2 is 2.10 bits per heavy atom. The Morgan fingerprint density at radius 1 is 1.33 bits per heavy atom. The minimum absolute atomic E-state index is 0.0394. The lowest BCUT2D eigenvalue weighted by Gasteiger charge is -2.26. The van der Waals surface area contributed by atoms with Crippen molar-refractivity contribution < 1.29 is 9.50 Å². The van der Waals surface area contributed by atoms with Gasteiger partial charge in [0.05, 0.1) is 6.61 Å². The topological polar surface area (TPSA) is 23.5 Å². The van der Waals surface area contributed by atoms with Crippen LogP contribution < -0.4 is 0 Å². The molecule has 0 amide bonds. The Hall–Kier alpha value is -1.37. The van der Waals surface area contributed by atoms with Crippen LogP contribution in [-0.4, -0.2) is 29.2 Å². The Labute approximate surface area is 127 Å². The van der Waals surface area contributed by atoms with Gasteiger partial charge in [-0.15, -0.1) is 0 Å². The van der Waals surface area contributed by atoms with Crippen LogP contribution in [0, 0.1) is 23.6 Å². The third-order valence-corrected chi connectivity index (χ3v) is 3.73. The first-order valence-electron chi connectivity index (χ1n) is 7.71. The van der Waals surface area contributed by atoms with Crippen molar-refractivity contribution in [2.24, 2.45) is 5.92 Å². The first-order chi connectivity index (χ1) is 10.1. The molecule has 2 rings (SSSR count). The Bertz CT molecular complexity index is 526. The molecule has 0 saturated heterocycles. The van der Waals surface area contributed by atoms with E-state index in [1.807, 2.05) is 6.07 Å². The van der Waals surface area contributed by atoms with Gasteiger partial charge in [0.15, 0.2) is 0 Å². The summed E-state index contributed by atoms with van der Waals surface area (Å²) >= 11 is 0. The molecule has 0 heterocycles. The molecular weight excluding hydrogens is 265 g/mol. The van der Waals surface area contributed by atoms with Crippen molar-refractivity contribution in [2.75, 3.05) is 13.2 Å². The fraction of sp³-hybridized carbons (Fsp3) is 0.556. The summed E-state index contributed by atoms with van der Waals surface area (Å²) in [6.45, 7) is 6.27. The molecule has 2 nitrogen and oxygen atoms in total. The second-order valence-electron chi connectivity index (χ2n) is 6.09. The molecule has 0 bridgehead atoms. The third-order valence-electron chi connectivity index (χ3n) is 3.73. The lowest BCUT2D eigenvalue weighted by molar-refractivity contribution is 0.203. The summed E-state index contributed by atoms with van der Waals surface area (Å²) in [5.74, 6) is 6.34. The van der Waals surface area contributed by atoms with Gasteiger partial charge in [0.2, 0.25) is 0 Å². The van der Waals surface area contributed by atoms with Crippen LogP contribution in [0.25, 0.3) is 0 Å². The second-order valence-corrected chi connectivity index (χ2v) is 6.09. The number of nitrogens with zero attached hydrogens (tertiary/aromatic N) is 1. The molecule has 3 heteroatoms. The Morgan fingerprint density at radius 3 is 2.71 bits per heavy atom. The van der Waals surface area contributed by atoms with E-state index in [9.17, 15) is 4.39 Å². The predicted molar refractivity (Wildman–Crippen MR) is 83.3 cm³/mol. The average molecular weight is 289 g/mol. The van der Waals surface area contributed by atoms with Crippen LogP contribution in [0.3, 0.4) is 0 Å². The minimum atomic E-state index is -0.240. The first kappa shape index (κ1) is 16.0. The van der Waals surface area contributed by atoms with Crippen LogP contribution in [0.2, 0.25) is 0 Å². The highest BCUT2D eigenvalue weighted by Crippen LogP contribution is 2.30. The molecule has 21 heavy (non-hydrogen) atoms. The van der Waals surface area contributed by atoms with E-state index in [2.05, 4.69) is 30.6 Å². The molecule has 1 aromatic carbocycles. The molecule has 1 fully saturated rings. The number of hydrogen-bond donors (Lipinski definition) is 1. The van der Waals surface area contributed by atoms with Crippen LogP contribution in [0.1, 0.15) is 44.2 Å². The molecule has 0 aliphatic heterocycles. The molecule has 114 valence electrons. The molecule has 0 aromatic heterocycles. The number of hydrogen-bond acceptors (Lipinski definition) is 2. The largest absolute Gasteiger partial charge is 0.395 e. The maximum Gasteiger partial charge on any atom is 0.124 e. The number of halogens is 1. The van der Waals surface area contributed by atoms with Gasteiger partial charge < -0.3 is 5.11 Å². The molecule has 0 spiro atoms. The SMILES string of the molecule is CC(C)N(Cc1cc(F)cc(C#CCCO)c1)CC1CC1. The van der Waals surface area contributed by atoms with Gasteiger partial charge in [0.1, 0.15) is 5.82 Å². The number of aliphatic hydroxyl groups is 1. The molecule has 0 atom stereocenters. The highest BCUT2D eigenvalue weighted by atomic mass is 19.1. The van der Waals surface area contributed by atoms with Crippen LogP contribution in [0.15, 0.2) is 18.2 Å². The van der Waals surface area contributed by atoms with E-state index in [4.69, 9.17) is 5.11 Å². The van der Waals surface area contributed by atoms with Crippen molar-refractivity contribution in [3.63, 3.8) is 0 Å². The normalized spacial score (nSPS) is 14.4. The summed E-state index contributed by atoms with van der Waals surface area (Å²) in [6, 6.07) is 5.46. The molecule has 1 aliphatic rings. The summed E-state index contributed by atoms with van der Waals surface area (Å²) < 4.78 is 13.7. The molecular formula is C18H24FNO. The van der Waals surface area contributed by atoms with Crippen molar-refractivity contribution in [1.82, 2.24) is 4.90 Å². The summed E-state index contributed by atoms with van der Waals surface area (Å²) in [7, 11) is 0. The fourth-order valence-electron chi connectivity index (χ4n) is 2.36. The van der Waals surface area contributed by atoms with Crippen LogP contribution in [-0.2, 0) is 6.54 Å². The highest BCUT2D eigenvalue weighted by Gasteiger charge is 2.25. The Balaban J connectivity index is 2.08. The van der Waals surface area contributed by atoms with Gasteiger partial charge >= 0.3 is 0 Å². The highest BCUT2D eigenvalue weighted by molar-refractivity contribution is 5.37. The number of aliphatic hydroxyl groups excluding tert-OH is 1. The zero-order valence-electron chi connectivity index (χ0n) is 12.9. The quantitative estimate of drug-likeness (QED) is 0.813. The standard InChI is InChI=1S/C18H24FNO/c1-14(2)20(12-15-6-7-15)13-17-9-16(5-3-4-8-21)10-18(19)11-17/h9-11,14-15,21H,4,6-8,12-13H2,1-2H3.